The number of hydrogen-bond donors (Lipinski definition) is 0. The number of aryl methyl sites for hydroxylation is 2. The first-order chi connectivity index (χ1) is 14.3. The molecule has 0 unspecified atom stereocenters. The molecule has 0 aliphatic carbocycles. The molecule has 0 N–H and O–H groups in total. The molecule has 3 aromatic rings. The SMILES string of the molecule is Cc1ccnc(-n2c(C)cc(/C=C3/SC(=O)N(Cc4ccc(Cl)cc4)C3=O)c2C)c1. The topological polar surface area (TPSA) is 55.2 Å². The first-order valence-corrected chi connectivity index (χ1v) is 10.6. The van der Waals surface area contributed by atoms with E-state index in [9.17, 15) is 9.59 Å². The molecule has 2 amide bonds. The Morgan fingerprint density at radius 3 is 2.50 bits per heavy atom. The van der Waals surface area contributed by atoms with Crippen LogP contribution in [-0.2, 0) is 11.3 Å². The first kappa shape index (κ1) is 20.4. The van der Waals surface area contributed by atoms with Gasteiger partial charge in [0.05, 0.1) is 11.4 Å². The summed E-state index contributed by atoms with van der Waals surface area (Å²) < 4.78 is 2.05. The normalized spacial score (nSPS) is 15.5. The quantitative estimate of drug-likeness (QED) is 0.492. The lowest BCUT2D eigenvalue weighted by atomic mass is 10.2. The molecule has 0 radical (unpaired) electrons. The fraction of sp³-hybridized carbons (Fsp3) is 0.174. The fourth-order valence-electron chi connectivity index (χ4n) is 3.48. The van der Waals surface area contributed by atoms with Crippen LogP contribution in [0.1, 0.15) is 28.1 Å². The summed E-state index contributed by atoms with van der Waals surface area (Å²) in [6.45, 7) is 6.24. The molecule has 30 heavy (non-hydrogen) atoms. The Kier molecular flexibility index (Phi) is 5.54. The van der Waals surface area contributed by atoms with Crippen LogP contribution in [-0.4, -0.2) is 25.6 Å². The molecule has 1 fully saturated rings. The van der Waals surface area contributed by atoms with Gasteiger partial charge >= 0.3 is 0 Å². The van der Waals surface area contributed by atoms with E-state index in [2.05, 4.69) is 9.55 Å². The fourth-order valence-corrected chi connectivity index (χ4v) is 4.43. The minimum absolute atomic E-state index is 0.228. The third kappa shape index (κ3) is 3.93. The maximum absolute atomic E-state index is 12.9. The van der Waals surface area contributed by atoms with E-state index in [4.69, 9.17) is 11.6 Å². The summed E-state index contributed by atoms with van der Waals surface area (Å²) in [7, 11) is 0. The lowest BCUT2D eigenvalue weighted by Crippen LogP contribution is -2.27. The Balaban J connectivity index is 1.62. The van der Waals surface area contributed by atoms with E-state index in [0.29, 0.717) is 9.93 Å². The van der Waals surface area contributed by atoms with Crippen molar-refractivity contribution >= 4 is 40.6 Å². The number of benzene rings is 1. The van der Waals surface area contributed by atoms with Gasteiger partial charge in [0.15, 0.2) is 0 Å². The van der Waals surface area contributed by atoms with Crippen LogP contribution in [0.15, 0.2) is 53.6 Å². The van der Waals surface area contributed by atoms with E-state index < -0.39 is 0 Å². The average molecular weight is 438 g/mol. The highest BCUT2D eigenvalue weighted by atomic mass is 35.5. The van der Waals surface area contributed by atoms with Gasteiger partial charge in [-0.15, -0.1) is 0 Å². The predicted octanol–water partition coefficient (Wildman–Crippen LogP) is 5.69. The predicted molar refractivity (Wildman–Crippen MR) is 121 cm³/mol. The van der Waals surface area contributed by atoms with Crippen LogP contribution in [0.25, 0.3) is 11.9 Å². The second-order valence-corrected chi connectivity index (χ2v) is 8.68. The van der Waals surface area contributed by atoms with Crippen LogP contribution < -0.4 is 0 Å². The van der Waals surface area contributed by atoms with Crippen LogP contribution in [0.4, 0.5) is 4.79 Å². The van der Waals surface area contributed by atoms with Gasteiger partial charge in [-0.3, -0.25) is 14.5 Å². The summed E-state index contributed by atoms with van der Waals surface area (Å²) in [5.41, 5.74) is 4.85. The van der Waals surface area contributed by atoms with Crippen molar-refractivity contribution in [3.05, 3.63) is 86.7 Å². The largest absolute Gasteiger partial charge is 0.303 e. The molecule has 0 saturated carbocycles. The molecule has 1 aromatic carbocycles. The molecule has 0 spiro atoms. The van der Waals surface area contributed by atoms with Crippen molar-refractivity contribution in [2.75, 3.05) is 0 Å². The van der Waals surface area contributed by atoms with Crippen molar-refractivity contribution in [2.24, 2.45) is 0 Å². The molecule has 2 aromatic heterocycles. The van der Waals surface area contributed by atoms with Crippen molar-refractivity contribution in [3.63, 3.8) is 0 Å². The third-order valence-corrected chi connectivity index (χ3v) is 6.17. The average Bonchev–Trinajstić information content (AvgIpc) is 3.13. The molecule has 152 valence electrons. The summed E-state index contributed by atoms with van der Waals surface area (Å²) in [6, 6.07) is 13.1. The van der Waals surface area contributed by atoms with Crippen LogP contribution >= 0.6 is 23.4 Å². The number of amides is 2. The second-order valence-electron chi connectivity index (χ2n) is 7.25. The minimum Gasteiger partial charge on any atom is -0.303 e. The van der Waals surface area contributed by atoms with Crippen molar-refractivity contribution in [2.45, 2.75) is 27.3 Å². The number of nitrogens with zero attached hydrogens (tertiary/aromatic N) is 3. The highest BCUT2D eigenvalue weighted by molar-refractivity contribution is 8.18. The highest BCUT2D eigenvalue weighted by Crippen LogP contribution is 2.34. The Hall–Kier alpha value is -2.83. The molecule has 1 saturated heterocycles. The zero-order valence-corrected chi connectivity index (χ0v) is 18.4. The van der Waals surface area contributed by atoms with E-state index in [0.717, 1.165) is 45.7 Å². The molecular formula is C23H20ClN3O2S. The summed E-state index contributed by atoms with van der Waals surface area (Å²) >= 11 is 6.88. The number of halogens is 1. The molecule has 1 aliphatic rings. The standard InChI is InChI=1S/C23H20ClN3O2S/c1-14-8-9-25-21(10-14)27-15(2)11-18(16(27)3)12-20-22(28)26(23(29)30-20)13-17-4-6-19(24)7-5-17/h4-12H,13H2,1-3H3/b20-12+. The summed E-state index contributed by atoms with van der Waals surface area (Å²) in [5.74, 6) is 0.555. The zero-order valence-electron chi connectivity index (χ0n) is 16.8. The van der Waals surface area contributed by atoms with Gasteiger partial charge in [-0.25, -0.2) is 4.98 Å². The second kappa shape index (κ2) is 8.13. The van der Waals surface area contributed by atoms with Gasteiger partial charge in [0, 0.05) is 22.6 Å². The van der Waals surface area contributed by atoms with Crippen molar-refractivity contribution in [1.82, 2.24) is 14.5 Å². The molecular weight excluding hydrogens is 418 g/mol. The van der Waals surface area contributed by atoms with Gasteiger partial charge < -0.3 is 4.57 Å². The van der Waals surface area contributed by atoms with E-state index in [-0.39, 0.29) is 17.7 Å². The van der Waals surface area contributed by atoms with Gasteiger partial charge in [-0.2, -0.15) is 0 Å². The van der Waals surface area contributed by atoms with E-state index in [1.165, 1.54) is 4.90 Å². The van der Waals surface area contributed by atoms with Gasteiger partial charge in [-0.1, -0.05) is 23.7 Å². The first-order valence-electron chi connectivity index (χ1n) is 9.45. The van der Waals surface area contributed by atoms with Crippen molar-refractivity contribution in [3.8, 4) is 5.82 Å². The molecule has 0 bridgehead atoms. The van der Waals surface area contributed by atoms with Crippen LogP contribution in [0, 0.1) is 20.8 Å². The number of thioether (sulfide) groups is 1. The third-order valence-electron chi connectivity index (χ3n) is 5.01. The van der Waals surface area contributed by atoms with Gasteiger partial charge in [0.2, 0.25) is 0 Å². The molecule has 5 nitrogen and oxygen atoms in total. The van der Waals surface area contributed by atoms with Crippen LogP contribution in [0.5, 0.6) is 0 Å². The number of carbonyl (C=O) groups is 2. The molecule has 1 aliphatic heterocycles. The molecule has 7 heteroatoms. The summed E-state index contributed by atoms with van der Waals surface area (Å²) in [5, 5.41) is 0.349. The van der Waals surface area contributed by atoms with Gasteiger partial charge in [0.1, 0.15) is 5.82 Å². The summed E-state index contributed by atoms with van der Waals surface area (Å²) in [6.07, 6.45) is 3.58. The zero-order chi connectivity index (χ0) is 21.4. The Morgan fingerprint density at radius 1 is 1.07 bits per heavy atom. The maximum atomic E-state index is 12.9. The number of imide groups is 1. The Bertz CT molecular complexity index is 1180. The molecule has 4 rings (SSSR count). The monoisotopic (exact) mass is 437 g/mol. The number of aromatic nitrogens is 2. The maximum Gasteiger partial charge on any atom is 0.293 e. The Morgan fingerprint density at radius 2 is 1.80 bits per heavy atom. The van der Waals surface area contributed by atoms with Crippen LogP contribution in [0.2, 0.25) is 5.02 Å². The number of pyridine rings is 1. The Labute approximate surface area is 184 Å². The molecule has 0 atom stereocenters. The lowest BCUT2D eigenvalue weighted by Gasteiger charge is -2.12. The van der Waals surface area contributed by atoms with Crippen molar-refractivity contribution < 1.29 is 9.59 Å². The lowest BCUT2D eigenvalue weighted by molar-refractivity contribution is -0.123. The number of hydrogen-bond acceptors (Lipinski definition) is 4. The van der Waals surface area contributed by atoms with Gasteiger partial charge in [0.25, 0.3) is 11.1 Å². The molecule has 3 heterocycles. The van der Waals surface area contributed by atoms with Crippen molar-refractivity contribution in [1.29, 1.82) is 0 Å². The van der Waals surface area contributed by atoms with E-state index in [1.807, 2.05) is 51.1 Å². The number of carbonyl (C=O) groups excluding carboxylic acids is 2. The smallest absolute Gasteiger partial charge is 0.293 e. The van der Waals surface area contributed by atoms with Crippen LogP contribution in [0.3, 0.4) is 0 Å². The summed E-state index contributed by atoms with van der Waals surface area (Å²) in [4.78, 5) is 31.5. The number of rotatable bonds is 4. The highest BCUT2D eigenvalue weighted by Gasteiger charge is 2.35. The van der Waals surface area contributed by atoms with Gasteiger partial charge in [-0.05, 0) is 85.6 Å². The van der Waals surface area contributed by atoms with E-state index in [1.54, 1.807) is 24.4 Å². The van der Waals surface area contributed by atoms with E-state index >= 15 is 0 Å². The minimum atomic E-state index is -0.279.